The minimum absolute atomic E-state index is 0.0901. The van der Waals surface area contributed by atoms with E-state index in [4.69, 9.17) is 4.98 Å². The average Bonchev–Trinajstić information content (AvgIpc) is 3.24. The normalized spacial score (nSPS) is 16.7. The summed E-state index contributed by atoms with van der Waals surface area (Å²) in [5.41, 5.74) is 3.88. The Morgan fingerprint density at radius 3 is 2.63 bits per heavy atom. The molecule has 0 aliphatic carbocycles. The summed E-state index contributed by atoms with van der Waals surface area (Å²) in [6, 6.07) is 26.5. The van der Waals surface area contributed by atoms with Crippen molar-refractivity contribution in [3.8, 4) is 10.6 Å². The van der Waals surface area contributed by atoms with Crippen molar-refractivity contribution in [2.24, 2.45) is 0 Å². The molecule has 5 heteroatoms. The highest BCUT2D eigenvalue weighted by molar-refractivity contribution is 7.21. The minimum atomic E-state index is 0.0901. The van der Waals surface area contributed by atoms with Gasteiger partial charge < -0.3 is 10.2 Å². The summed E-state index contributed by atoms with van der Waals surface area (Å²) in [7, 11) is 0. The second-order valence-electron chi connectivity index (χ2n) is 7.58. The van der Waals surface area contributed by atoms with Gasteiger partial charge in [-0.2, -0.15) is 0 Å². The van der Waals surface area contributed by atoms with E-state index >= 15 is 0 Å². The standard InChI is InChI=1S/C25H23N3OS/c29-25(28-15-14-26-17-19(28)16-18-8-2-1-3-9-18)21-11-5-4-10-20(21)24-27-22-12-6-7-13-23(22)30-24/h1-13,19,26H,14-17H2. The van der Waals surface area contributed by atoms with E-state index < -0.39 is 0 Å². The van der Waals surface area contributed by atoms with Gasteiger partial charge in [0, 0.05) is 36.8 Å². The molecule has 1 fully saturated rings. The number of thiazole rings is 1. The van der Waals surface area contributed by atoms with Gasteiger partial charge in [-0.25, -0.2) is 4.98 Å². The van der Waals surface area contributed by atoms with Crippen molar-refractivity contribution in [2.45, 2.75) is 12.5 Å². The van der Waals surface area contributed by atoms with E-state index in [9.17, 15) is 4.79 Å². The van der Waals surface area contributed by atoms with Gasteiger partial charge in [-0.1, -0.05) is 60.7 Å². The van der Waals surface area contributed by atoms with E-state index in [1.807, 2.05) is 53.4 Å². The van der Waals surface area contributed by atoms with E-state index in [2.05, 4.69) is 35.6 Å². The summed E-state index contributed by atoms with van der Waals surface area (Å²) < 4.78 is 1.14. The highest BCUT2D eigenvalue weighted by Gasteiger charge is 2.29. The molecule has 0 saturated carbocycles. The Kier molecular flexibility index (Phi) is 5.30. The molecule has 1 atom stereocenters. The van der Waals surface area contributed by atoms with Crippen LogP contribution in [-0.4, -0.2) is 41.5 Å². The first kappa shape index (κ1) is 19.0. The van der Waals surface area contributed by atoms with Crippen LogP contribution in [0.2, 0.25) is 0 Å². The first-order valence-electron chi connectivity index (χ1n) is 10.3. The van der Waals surface area contributed by atoms with Gasteiger partial charge in [0.05, 0.1) is 10.2 Å². The molecule has 0 bridgehead atoms. The van der Waals surface area contributed by atoms with Crippen molar-refractivity contribution in [1.82, 2.24) is 15.2 Å². The third kappa shape index (κ3) is 3.74. The van der Waals surface area contributed by atoms with Crippen molar-refractivity contribution in [2.75, 3.05) is 19.6 Å². The number of hydrogen-bond acceptors (Lipinski definition) is 4. The number of benzene rings is 3. The van der Waals surface area contributed by atoms with Crippen LogP contribution in [-0.2, 0) is 6.42 Å². The first-order chi connectivity index (χ1) is 14.8. The second-order valence-corrected chi connectivity index (χ2v) is 8.61. The Morgan fingerprint density at radius 2 is 1.77 bits per heavy atom. The summed E-state index contributed by atoms with van der Waals surface area (Å²) >= 11 is 1.64. The van der Waals surface area contributed by atoms with Crippen molar-refractivity contribution in [1.29, 1.82) is 0 Å². The monoisotopic (exact) mass is 413 g/mol. The SMILES string of the molecule is O=C(c1ccccc1-c1nc2ccccc2s1)N1CCNCC1Cc1ccccc1. The number of amides is 1. The molecule has 0 spiro atoms. The molecular weight excluding hydrogens is 390 g/mol. The number of nitrogens with zero attached hydrogens (tertiary/aromatic N) is 2. The lowest BCUT2D eigenvalue weighted by Crippen LogP contribution is -2.54. The molecule has 30 heavy (non-hydrogen) atoms. The van der Waals surface area contributed by atoms with Gasteiger partial charge in [-0.3, -0.25) is 4.79 Å². The molecule has 0 radical (unpaired) electrons. The van der Waals surface area contributed by atoms with E-state index in [-0.39, 0.29) is 11.9 Å². The van der Waals surface area contributed by atoms with E-state index in [1.54, 1.807) is 11.3 Å². The van der Waals surface area contributed by atoms with Gasteiger partial charge in [0.25, 0.3) is 5.91 Å². The Balaban J connectivity index is 1.48. The molecule has 1 N–H and O–H groups in total. The van der Waals surface area contributed by atoms with E-state index in [1.165, 1.54) is 5.56 Å². The number of carbonyl (C=O) groups excluding carboxylic acids is 1. The van der Waals surface area contributed by atoms with Gasteiger partial charge >= 0.3 is 0 Å². The fourth-order valence-corrected chi connectivity index (χ4v) is 5.10. The molecule has 1 aromatic heterocycles. The summed E-state index contributed by atoms with van der Waals surface area (Å²) in [6.45, 7) is 2.34. The van der Waals surface area contributed by atoms with Crippen LogP contribution in [0.3, 0.4) is 0 Å². The lowest BCUT2D eigenvalue weighted by Gasteiger charge is -2.36. The quantitative estimate of drug-likeness (QED) is 0.531. The smallest absolute Gasteiger partial charge is 0.254 e. The third-order valence-corrected chi connectivity index (χ3v) is 6.68. The minimum Gasteiger partial charge on any atom is -0.333 e. The number of fused-ring (bicyclic) bond motifs is 1. The predicted molar refractivity (Wildman–Crippen MR) is 123 cm³/mol. The molecule has 4 aromatic rings. The van der Waals surface area contributed by atoms with E-state index in [0.29, 0.717) is 6.54 Å². The molecule has 5 rings (SSSR count). The number of aromatic nitrogens is 1. The Morgan fingerprint density at radius 1 is 1.00 bits per heavy atom. The largest absolute Gasteiger partial charge is 0.333 e. The maximum atomic E-state index is 13.7. The van der Waals surface area contributed by atoms with Crippen molar-refractivity contribution < 1.29 is 4.79 Å². The number of piperazine rings is 1. The van der Waals surface area contributed by atoms with Crippen molar-refractivity contribution in [3.63, 3.8) is 0 Å². The zero-order valence-electron chi connectivity index (χ0n) is 16.6. The van der Waals surface area contributed by atoms with E-state index in [0.717, 1.165) is 45.9 Å². The second kappa shape index (κ2) is 8.38. The van der Waals surface area contributed by atoms with Crippen molar-refractivity contribution >= 4 is 27.5 Å². The molecule has 1 aliphatic rings. The van der Waals surface area contributed by atoms with Gasteiger partial charge in [0.15, 0.2) is 0 Å². The summed E-state index contributed by atoms with van der Waals surface area (Å²) in [6.07, 6.45) is 0.850. The number of nitrogens with one attached hydrogen (secondary N) is 1. The molecule has 4 nitrogen and oxygen atoms in total. The molecule has 1 amide bonds. The Labute approximate surface area is 180 Å². The van der Waals surface area contributed by atoms with Gasteiger partial charge in [0.2, 0.25) is 0 Å². The molecule has 2 heterocycles. The summed E-state index contributed by atoms with van der Waals surface area (Å²) in [5, 5.41) is 4.35. The van der Waals surface area contributed by atoms with Crippen LogP contribution in [0, 0.1) is 0 Å². The number of hydrogen-bond donors (Lipinski definition) is 1. The zero-order valence-corrected chi connectivity index (χ0v) is 17.4. The van der Waals surface area contributed by atoms with Crippen LogP contribution in [0.1, 0.15) is 15.9 Å². The van der Waals surface area contributed by atoms with Crippen LogP contribution in [0.4, 0.5) is 0 Å². The topological polar surface area (TPSA) is 45.2 Å². The van der Waals surface area contributed by atoms with Crippen LogP contribution in [0.25, 0.3) is 20.8 Å². The van der Waals surface area contributed by atoms with Crippen molar-refractivity contribution in [3.05, 3.63) is 90.0 Å². The third-order valence-electron chi connectivity index (χ3n) is 5.61. The van der Waals surface area contributed by atoms with Crippen LogP contribution >= 0.6 is 11.3 Å². The van der Waals surface area contributed by atoms with Crippen LogP contribution in [0.5, 0.6) is 0 Å². The zero-order chi connectivity index (χ0) is 20.3. The van der Waals surface area contributed by atoms with Crippen LogP contribution in [0.15, 0.2) is 78.9 Å². The maximum absolute atomic E-state index is 13.7. The first-order valence-corrected chi connectivity index (χ1v) is 11.1. The van der Waals surface area contributed by atoms with Gasteiger partial charge in [-0.05, 0) is 30.2 Å². The highest BCUT2D eigenvalue weighted by Crippen LogP contribution is 2.33. The molecular formula is C25H23N3OS. The molecule has 1 aliphatic heterocycles. The molecule has 3 aromatic carbocycles. The fourth-order valence-electron chi connectivity index (χ4n) is 4.10. The van der Waals surface area contributed by atoms with Crippen LogP contribution < -0.4 is 5.32 Å². The highest BCUT2D eigenvalue weighted by atomic mass is 32.1. The number of carbonyl (C=O) groups is 1. The number of rotatable bonds is 4. The molecule has 150 valence electrons. The Bertz CT molecular complexity index is 1140. The predicted octanol–water partition coefficient (Wildman–Crippen LogP) is 4.62. The maximum Gasteiger partial charge on any atom is 0.254 e. The Hall–Kier alpha value is -3.02. The molecule has 1 unspecified atom stereocenters. The molecule has 1 saturated heterocycles. The number of para-hydroxylation sites is 1. The lowest BCUT2D eigenvalue weighted by atomic mass is 10.0. The summed E-state index contributed by atoms with van der Waals surface area (Å²) in [5.74, 6) is 0.0901. The fraction of sp³-hybridized carbons (Fsp3) is 0.200. The van der Waals surface area contributed by atoms with Gasteiger partial charge in [0.1, 0.15) is 5.01 Å². The average molecular weight is 414 g/mol. The lowest BCUT2D eigenvalue weighted by molar-refractivity contribution is 0.0637. The van der Waals surface area contributed by atoms with Gasteiger partial charge in [-0.15, -0.1) is 11.3 Å². The summed E-state index contributed by atoms with van der Waals surface area (Å²) in [4.78, 5) is 20.5.